The number of aryl methyl sites for hydroxylation is 1. The maximum Gasteiger partial charge on any atom is 0.257 e. The Labute approximate surface area is 152 Å². The maximum absolute atomic E-state index is 13.1. The summed E-state index contributed by atoms with van der Waals surface area (Å²) in [6.07, 6.45) is 6.61. The lowest BCUT2D eigenvalue weighted by atomic mass is 10.1. The van der Waals surface area contributed by atoms with E-state index in [9.17, 15) is 9.90 Å². The number of rotatable bonds is 3. The minimum atomic E-state index is -0.0582. The molecule has 26 heavy (non-hydrogen) atoms. The van der Waals surface area contributed by atoms with Gasteiger partial charge in [-0.15, -0.1) is 0 Å². The second-order valence-electron chi connectivity index (χ2n) is 6.93. The molecular weight excluding hydrogens is 332 g/mol. The van der Waals surface area contributed by atoms with Crippen molar-refractivity contribution in [2.75, 3.05) is 19.8 Å². The summed E-state index contributed by atoms with van der Waals surface area (Å²) in [5.74, 6) is 0.703. The molecule has 1 saturated carbocycles. The molecule has 2 aromatic rings. The molecule has 0 spiro atoms. The first-order chi connectivity index (χ1) is 12.7. The van der Waals surface area contributed by atoms with Crippen molar-refractivity contribution in [1.29, 1.82) is 0 Å². The molecule has 1 aliphatic heterocycles. The van der Waals surface area contributed by atoms with Crippen molar-refractivity contribution >= 4 is 5.91 Å². The molecule has 3 atom stereocenters. The molecule has 3 heterocycles. The minimum absolute atomic E-state index is 0.0146. The number of fused-ring (bicyclic) bond motifs is 1. The van der Waals surface area contributed by atoms with Crippen LogP contribution in [0.15, 0.2) is 30.7 Å². The fourth-order valence-electron chi connectivity index (χ4n) is 3.92. The van der Waals surface area contributed by atoms with Gasteiger partial charge in [0.1, 0.15) is 0 Å². The molecule has 1 amide bonds. The Kier molecular flexibility index (Phi) is 4.65. The van der Waals surface area contributed by atoms with Gasteiger partial charge in [0.2, 0.25) is 0 Å². The highest BCUT2D eigenvalue weighted by atomic mass is 16.5. The summed E-state index contributed by atoms with van der Waals surface area (Å²) in [6.45, 7) is 3.05. The molecule has 1 N–H and O–H groups in total. The lowest BCUT2D eigenvalue weighted by molar-refractivity contribution is -0.0449. The Hall–Kier alpha value is -2.38. The Morgan fingerprint density at radius 1 is 1.38 bits per heavy atom. The molecule has 136 valence electrons. The number of carbonyl (C=O) groups is 1. The number of pyridine rings is 1. The third kappa shape index (κ3) is 3.08. The number of nitrogens with zero attached hydrogens (tertiary/aromatic N) is 4. The summed E-state index contributed by atoms with van der Waals surface area (Å²) in [6, 6.07) is 3.74. The van der Waals surface area contributed by atoms with E-state index in [1.807, 2.05) is 24.0 Å². The van der Waals surface area contributed by atoms with Crippen molar-refractivity contribution in [2.24, 2.45) is 5.92 Å². The van der Waals surface area contributed by atoms with Gasteiger partial charge in [0.15, 0.2) is 5.82 Å². The predicted molar refractivity (Wildman–Crippen MR) is 94.4 cm³/mol. The van der Waals surface area contributed by atoms with Crippen LogP contribution in [0.4, 0.5) is 0 Å². The predicted octanol–water partition coefficient (Wildman–Crippen LogP) is 1.46. The van der Waals surface area contributed by atoms with Crippen LogP contribution in [0.2, 0.25) is 0 Å². The van der Waals surface area contributed by atoms with Crippen molar-refractivity contribution in [1.82, 2.24) is 19.9 Å². The number of carbonyl (C=O) groups excluding carboxylic acids is 1. The largest absolute Gasteiger partial charge is 0.396 e. The molecule has 0 aromatic carbocycles. The molecule has 7 nitrogen and oxygen atoms in total. The highest BCUT2D eigenvalue weighted by Gasteiger charge is 2.43. The van der Waals surface area contributed by atoms with Crippen LogP contribution in [0.5, 0.6) is 0 Å². The number of aromatic nitrogens is 3. The van der Waals surface area contributed by atoms with E-state index >= 15 is 0 Å². The molecule has 2 aromatic heterocycles. The van der Waals surface area contributed by atoms with Gasteiger partial charge in [-0.3, -0.25) is 9.78 Å². The van der Waals surface area contributed by atoms with E-state index in [-0.39, 0.29) is 30.6 Å². The van der Waals surface area contributed by atoms with Crippen LogP contribution in [-0.4, -0.2) is 62.8 Å². The van der Waals surface area contributed by atoms with Gasteiger partial charge in [0.05, 0.1) is 30.0 Å². The van der Waals surface area contributed by atoms with Gasteiger partial charge in [-0.05, 0) is 37.8 Å². The summed E-state index contributed by atoms with van der Waals surface area (Å²) in [7, 11) is 0. The van der Waals surface area contributed by atoms with Gasteiger partial charge in [-0.1, -0.05) is 0 Å². The summed E-state index contributed by atoms with van der Waals surface area (Å²) in [4.78, 5) is 28.0. The Morgan fingerprint density at radius 2 is 2.27 bits per heavy atom. The van der Waals surface area contributed by atoms with Crippen LogP contribution >= 0.6 is 0 Å². The number of aliphatic hydroxyl groups is 1. The second kappa shape index (κ2) is 7.09. The summed E-state index contributed by atoms with van der Waals surface area (Å²) < 4.78 is 5.81. The van der Waals surface area contributed by atoms with Crippen LogP contribution in [0.1, 0.15) is 28.9 Å². The summed E-state index contributed by atoms with van der Waals surface area (Å²) >= 11 is 0. The number of ether oxygens (including phenoxy) is 1. The first kappa shape index (κ1) is 17.1. The van der Waals surface area contributed by atoms with Gasteiger partial charge in [0, 0.05) is 37.3 Å². The van der Waals surface area contributed by atoms with Crippen LogP contribution in [-0.2, 0) is 4.74 Å². The zero-order valence-electron chi connectivity index (χ0n) is 14.7. The second-order valence-corrected chi connectivity index (χ2v) is 6.93. The zero-order chi connectivity index (χ0) is 18.1. The minimum Gasteiger partial charge on any atom is -0.396 e. The quantitative estimate of drug-likeness (QED) is 0.898. The highest BCUT2D eigenvalue weighted by molar-refractivity contribution is 5.95. The molecule has 0 unspecified atom stereocenters. The highest BCUT2D eigenvalue weighted by Crippen LogP contribution is 2.34. The van der Waals surface area contributed by atoms with E-state index in [1.54, 1.807) is 18.6 Å². The lowest BCUT2D eigenvalue weighted by Gasteiger charge is -2.37. The third-order valence-electron chi connectivity index (χ3n) is 5.28. The molecule has 2 fully saturated rings. The molecule has 2 aliphatic rings. The molecule has 0 bridgehead atoms. The van der Waals surface area contributed by atoms with Crippen molar-refractivity contribution < 1.29 is 14.6 Å². The first-order valence-electron chi connectivity index (χ1n) is 8.95. The first-order valence-corrected chi connectivity index (χ1v) is 8.95. The van der Waals surface area contributed by atoms with Gasteiger partial charge < -0.3 is 14.7 Å². The summed E-state index contributed by atoms with van der Waals surface area (Å²) in [5, 5.41) is 9.45. The number of morpholine rings is 1. The molecule has 0 radical (unpaired) electrons. The van der Waals surface area contributed by atoms with Crippen molar-refractivity contribution in [2.45, 2.75) is 31.9 Å². The smallest absolute Gasteiger partial charge is 0.257 e. The third-order valence-corrected chi connectivity index (χ3v) is 5.28. The van der Waals surface area contributed by atoms with Gasteiger partial charge in [-0.2, -0.15) is 0 Å². The SMILES string of the molecule is Cc1nc(-c2cccnc2)ncc1C(=O)N1CCO[C@H]2C[C@H](CO)C[C@@H]21. The normalized spacial score (nSPS) is 25.2. The zero-order valence-corrected chi connectivity index (χ0v) is 14.7. The van der Waals surface area contributed by atoms with E-state index in [0.29, 0.717) is 30.2 Å². The van der Waals surface area contributed by atoms with Crippen molar-refractivity contribution in [3.63, 3.8) is 0 Å². The number of aliphatic hydroxyl groups excluding tert-OH is 1. The van der Waals surface area contributed by atoms with Crippen molar-refractivity contribution in [3.8, 4) is 11.4 Å². The maximum atomic E-state index is 13.1. The fourth-order valence-corrected chi connectivity index (χ4v) is 3.92. The molecule has 1 aliphatic carbocycles. The van der Waals surface area contributed by atoms with E-state index in [4.69, 9.17) is 4.74 Å². The van der Waals surface area contributed by atoms with Gasteiger partial charge in [0.25, 0.3) is 5.91 Å². The van der Waals surface area contributed by atoms with Crippen LogP contribution in [0.25, 0.3) is 11.4 Å². The Bertz CT molecular complexity index is 799. The molecule has 7 heteroatoms. The molecule has 1 saturated heterocycles. The topological polar surface area (TPSA) is 88.4 Å². The standard InChI is InChI=1S/C19H22N4O3/c1-12-15(10-21-18(22-12)14-3-2-4-20-9-14)19(25)23-5-6-26-17-8-13(11-24)7-16(17)23/h2-4,9-10,13,16-17,24H,5-8,11H2,1H3/t13-,16+,17+/m1/s1. The van der Waals surface area contributed by atoms with E-state index in [1.165, 1.54) is 0 Å². The number of hydrogen-bond donors (Lipinski definition) is 1. The van der Waals surface area contributed by atoms with Crippen molar-refractivity contribution in [3.05, 3.63) is 42.0 Å². The average molecular weight is 354 g/mol. The van der Waals surface area contributed by atoms with Gasteiger partial charge >= 0.3 is 0 Å². The molecule has 4 rings (SSSR count). The van der Waals surface area contributed by atoms with Gasteiger partial charge in [-0.25, -0.2) is 9.97 Å². The Balaban J connectivity index is 1.58. The van der Waals surface area contributed by atoms with Crippen LogP contribution in [0, 0.1) is 12.8 Å². The monoisotopic (exact) mass is 354 g/mol. The summed E-state index contributed by atoms with van der Waals surface area (Å²) in [5.41, 5.74) is 2.00. The van der Waals surface area contributed by atoms with Crippen LogP contribution < -0.4 is 0 Å². The average Bonchev–Trinajstić information content (AvgIpc) is 3.11. The lowest BCUT2D eigenvalue weighted by Crippen LogP contribution is -2.51. The van der Waals surface area contributed by atoms with Crippen LogP contribution in [0.3, 0.4) is 0 Å². The van der Waals surface area contributed by atoms with E-state index in [0.717, 1.165) is 18.4 Å². The number of amides is 1. The molecular formula is C19H22N4O3. The number of hydrogen-bond acceptors (Lipinski definition) is 6. The van der Waals surface area contributed by atoms with E-state index in [2.05, 4.69) is 15.0 Å². The van der Waals surface area contributed by atoms with E-state index < -0.39 is 0 Å². The Morgan fingerprint density at radius 3 is 3.00 bits per heavy atom. The fraction of sp³-hybridized carbons (Fsp3) is 0.474.